The lowest BCUT2D eigenvalue weighted by molar-refractivity contribution is -0.145. The van der Waals surface area contributed by atoms with Gasteiger partial charge in [0.15, 0.2) is 0 Å². The average Bonchev–Trinajstić information content (AvgIpc) is 2.22. The Hall–Kier alpha value is -0.825. The first-order chi connectivity index (χ1) is 8.02. The first-order valence-corrected chi connectivity index (χ1v) is 6.28. The molecule has 0 radical (unpaired) electrons. The van der Waals surface area contributed by atoms with Crippen molar-refractivity contribution in [1.29, 1.82) is 0 Å². The van der Waals surface area contributed by atoms with E-state index < -0.39 is 19.1 Å². The number of carbonyl (C=O) groups is 2. The fraction of sp³-hybridized carbons (Fsp3) is 0.400. The maximum atomic E-state index is 11.4. The number of halogens is 1. The van der Waals surface area contributed by atoms with E-state index in [4.69, 9.17) is 9.31 Å². The number of likely N-dealkylation sites (N-methyl/N-ethyl adjacent to an activating group) is 1. The lowest BCUT2D eigenvalue weighted by atomic mass is 9.78. The fourth-order valence-corrected chi connectivity index (χ4v) is 1.49. The van der Waals surface area contributed by atoms with Gasteiger partial charge in [0.1, 0.15) is 0 Å². The van der Waals surface area contributed by atoms with Crippen molar-refractivity contribution in [2.45, 2.75) is 6.92 Å². The molecule has 0 aromatic rings. The van der Waals surface area contributed by atoms with Crippen LogP contribution in [0.25, 0.3) is 0 Å². The van der Waals surface area contributed by atoms with Crippen LogP contribution in [-0.2, 0) is 18.9 Å². The van der Waals surface area contributed by atoms with E-state index in [0.717, 1.165) is 0 Å². The summed E-state index contributed by atoms with van der Waals surface area (Å²) in [4.78, 5) is 24.4. The van der Waals surface area contributed by atoms with Crippen LogP contribution in [-0.4, -0.2) is 44.1 Å². The van der Waals surface area contributed by atoms with Crippen LogP contribution in [0.4, 0.5) is 0 Å². The van der Waals surface area contributed by atoms with Crippen molar-refractivity contribution in [2.75, 3.05) is 20.1 Å². The monoisotopic (exact) mass is 349 g/mol. The molecule has 17 heavy (non-hydrogen) atoms. The minimum Gasteiger partial charge on any atom is -0.495 e. The van der Waals surface area contributed by atoms with E-state index in [1.54, 1.807) is 31.0 Å². The Morgan fingerprint density at radius 1 is 1.35 bits per heavy atom. The second-order valence-corrected chi connectivity index (χ2v) is 4.43. The molecule has 92 valence electrons. The quantitative estimate of drug-likeness (QED) is 0.422. The molecule has 7 heteroatoms. The van der Waals surface area contributed by atoms with Crippen molar-refractivity contribution >= 4 is 41.6 Å². The van der Waals surface area contributed by atoms with Crippen LogP contribution >= 0.6 is 22.6 Å². The molecule has 5 nitrogen and oxygen atoms in total. The van der Waals surface area contributed by atoms with Gasteiger partial charge in [-0.1, -0.05) is 34.7 Å². The van der Waals surface area contributed by atoms with E-state index >= 15 is 0 Å². The number of rotatable bonds is 2. The van der Waals surface area contributed by atoms with Gasteiger partial charge in [0.2, 0.25) is 0 Å². The predicted molar refractivity (Wildman–Crippen MR) is 72.4 cm³/mol. The van der Waals surface area contributed by atoms with Crippen molar-refractivity contribution in [2.24, 2.45) is 0 Å². The lowest BCUT2D eigenvalue weighted by Gasteiger charge is -2.22. The van der Waals surface area contributed by atoms with E-state index in [2.05, 4.69) is 22.6 Å². The molecule has 1 fully saturated rings. The Labute approximate surface area is 114 Å². The zero-order valence-electron chi connectivity index (χ0n) is 9.68. The molecule has 1 heterocycles. The smallest absolute Gasteiger partial charge is 0.495 e. The lowest BCUT2D eigenvalue weighted by Crippen LogP contribution is -2.43. The maximum Gasteiger partial charge on any atom is 0.631 e. The SMILES string of the molecule is C/C(=C\C=C\I)B1OC(=O)CN(C)CC(=O)O1. The molecule has 1 aliphatic rings. The molecule has 0 aromatic heterocycles. The molecule has 0 amide bonds. The zero-order chi connectivity index (χ0) is 12.8. The Bertz CT molecular complexity index is 349. The van der Waals surface area contributed by atoms with E-state index in [1.807, 2.05) is 4.08 Å². The topological polar surface area (TPSA) is 55.8 Å². The van der Waals surface area contributed by atoms with Gasteiger partial charge in [0.25, 0.3) is 0 Å². The molecule has 0 aliphatic carbocycles. The van der Waals surface area contributed by atoms with Crippen LogP contribution in [0.15, 0.2) is 21.7 Å². The highest BCUT2D eigenvalue weighted by Crippen LogP contribution is 2.08. The Morgan fingerprint density at radius 2 is 1.88 bits per heavy atom. The molecule has 0 unspecified atom stereocenters. The van der Waals surface area contributed by atoms with Gasteiger partial charge in [-0.25, -0.2) is 0 Å². The number of nitrogens with zero attached hydrogens (tertiary/aromatic N) is 1. The summed E-state index contributed by atoms with van der Waals surface area (Å²) in [6.45, 7) is 1.91. The van der Waals surface area contributed by atoms with Gasteiger partial charge in [-0.2, -0.15) is 0 Å². The highest BCUT2D eigenvalue weighted by molar-refractivity contribution is 14.1. The summed E-state index contributed by atoms with van der Waals surface area (Å²) in [5, 5.41) is 0. The van der Waals surface area contributed by atoms with Gasteiger partial charge in [0.05, 0.1) is 13.1 Å². The summed E-state index contributed by atoms with van der Waals surface area (Å²) in [7, 11) is 0.737. The van der Waals surface area contributed by atoms with Crippen molar-refractivity contribution in [3.8, 4) is 0 Å². The predicted octanol–water partition coefficient (Wildman–Crippen LogP) is 0.941. The highest BCUT2D eigenvalue weighted by Gasteiger charge is 2.32. The molecular formula is C10H13BINO4. The van der Waals surface area contributed by atoms with E-state index in [1.165, 1.54) is 0 Å². The van der Waals surface area contributed by atoms with Gasteiger partial charge < -0.3 is 9.31 Å². The number of carbonyl (C=O) groups excluding carboxylic acids is 2. The van der Waals surface area contributed by atoms with Crippen LogP contribution in [0.1, 0.15) is 6.92 Å². The Balaban J connectivity index is 2.77. The minimum atomic E-state index is -0.920. The van der Waals surface area contributed by atoms with Crippen molar-refractivity contribution < 1.29 is 18.9 Å². The summed E-state index contributed by atoms with van der Waals surface area (Å²) >= 11 is 2.07. The summed E-state index contributed by atoms with van der Waals surface area (Å²) in [6, 6.07) is 0. The van der Waals surface area contributed by atoms with Crippen LogP contribution in [0.2, 0.25) is 0 Å². The molecule has 0 bridgehead atoms. The van der Waals surface area contributed by atoms with Gasteiger partial charge in [-0.3, -0.25) is 14.5 Å². The first kappa shape index (κ1) is 14.2. The highest BCUT2D eigenvalue weighted by atomic mass is 127. The van der Waals surface area contributed by atoms with Gasteiger partial charge in [-0.15, -0.1) is 0 Å². The molecule has 1 saturated heterocycles. The normalized spacial score (nSPS) is 19.9. The average molecular weight is 349 g/mol. The standard InChI is InChI=1S/C10H13BINO4/c1-8(4-3-5-12)11-16-9(14)6-13(2)7-10(15)17-11/h3-5H,6-7H2,1-2H3/b5-3+,8-4+. The van der Waals surface area contributed by atoms with Crippen LogP contribution in [0, 0.1) is 0 Å². The molecule has 0 aromatic carbocycles. The number of allylic oxidation sites excluding steroid dienone is 3. The Kier molecular flexibility index (Phi) is 5.69. The van der Waals surface area contributed by atoms with Gasteiger partial charge in [0, 0.05) is 0 Å². The fourth-order valence-electron chi connectivity index (χ4n) is 1.29. The van der Waals surface area contributed by atoms with Crippen molar-refractivity contribution in [3.63, 3.8) is 0 Å². The molecular weight excluding hydrogens is 336 g/mol. The molecule has 1 aliphatic heterocycles. The zero-order valence-corrected chi connectivity index (χ0v) is 11.8. The summed E-state index contributed by atoms with van der Waals surface area (Å²) in [5.74, 6) is -0.813. The molecule has 0 N–H and O–H groups in total. The molecule has 0 spiro atoms. The maximum absolute atomic E-state index is 11.4. The molecule has 0 atom stereocenters. The third kappa shape index (κ3) is 4.90. The second kappa shape index (κ2) is 6.80. The van der Waals surface area contributed by atoms with Crippen LogP contribution in [0.5, 0.6) is 0 Å². The third-order valence-corrected chi connectivity index (χ3v) is 2.49. The Morgan fingerprint density at radius 3 is 2.35 bits per heavy atom. The summed E-state index contributed by atoms with van der Waals surface area (Å²) < 4.78 is 11.9. The van der Waals surface area contributed by atoms with Crippen LogP contribution in [0.3, 0.4) is 0 Å². The number of hydrogen-bond acceptors (Lipinski definition) is 5. The van der Waals surface area contributed by atoms with E-state index in [-0.39, 0.29) is 13.1 Å². The summed E-state index contributed by atoms with van der Waals surface area (Å²) in [5.41, 5.74) is 0.671. The molecule has 0 saturated carbocycles. The third-order valence-electron chi connectivity index (χ3n) is 2.08. The van der Waals surface area contributed by atoms with Gasteiger partial charge in [-0.05, 0) is 23.5 Å². The second-order valence-electron chi connectivity index (χ2n) is 3.71. The number of hydrogen-bond donors (Lipinski definition) is 0. The summed E-state index contributed by atoms with van der Waals surface area (Å²) in [6.07, 6.45) is 3.52. The van der Waals surface area contributed by atoms with Crippen molar-refractivity contribution in [1.82, 2.24) is 4.90 Å². The van der Waals surface area contributed by atoms with Crippen molar-refractivity contribution in [3.05, 3.63) is 21.7 Å². The van der Waals surface area contributed by atoms with Crippen LogP contribution < -0.4 is 0 Å². The minimum absolute atomic E-state index is 0.0843. The van der Waals surface area contributed by atoms with E-state index in [9.17, 15) is 9.59 Å². The van der Waals surface area contributed by atoms with E-state index in [0.29, 0.717) is 5.47 Å². The first-order valence-electron chi connectivity index (χ1n) is 5.04. The largest absolute Gasteiger partial charge is 0.631 e. The molecule has 1 rings (SSSR count). The van der Waals surface area contributed by atoms with Gasteiger partial charge >= 0.3 is 19.1 Å².